The normalized spacial score (nSPS) is 16.6. The highest BCUT2D eigenvalue weighted by molar-refractivity contribution is 5.91. The molecule has 1 aliphatic carbocycles. The molecule has 1 atom stereocenters. The summed E-state index contributed by atoms with van der Waals surface area (Å²) in [5.41, 5.74) is 1.79. The third-order valence-electron chi connectivity index (χ3n) is 6.32. The molecule has 0 saturated carbocycles. The van der Waals surface area contributed by atoms with Gasteiger partial charge in [0, 0.05) is 19.7 Å². The van der Waals surface area contributed by atoms with Gasteiger partial charge in [0.2, 0.25) is 5.91 Å². The first kappa shape index (κ1) is 22.0. The number of rotatable bonds is 6. The number of fused-ring (bicyclic) bond motifs is 1. The van der Waals surface area contributed by atoms with Crippen LogP contribution in [-0.2, 0) is 11.2 Å². The van der Waals surface area contributed by atoms with Gasteiger partial charge < -0.3 is 0 Å². The molecular weight excluding hydrogens is 410 g/mol. The average Bonchev–Trinajstić information content (AvgIpc) is 3.02. The summed E-state index contributed by atoms with van der Waals surface area (Å²) in [6.07, 6.45) is 4.25. The Bertz CT molecular complexity index is 1110. The molecule has 0 unspecified atom stereocenters. The fourth-order valence-electron chi connectivity index (χ4n) is 4.56. The Morgan fingerprint density at radius 1 is 1.12 bits per heavy atom. The predicted molar refractivity (Wildman–Crippen MR) is 119 cm³/mol. The van der Waals surface area contributed by atoms with Gasteiger partial charge in [0.05, 0.1) is 17.0 Å². The van der Waals surface area contributed by atoms with Crippen LogP contribution in [0.3, 0.4) is 0 Å². The number of nitrogens with zero attached hydrogens (tertiary/aromatic N) is 4. The maximum atomic E-state index is 14.3. The van der Waals surface area contributed by atoms with Gasteiger partial charge in [-0.15, -0.1) is 0 Å². The fourth-order valence-corrected chi connectivity index (χ4v) is 4.56. The van der Waals surface area contributed by atoms with E-state index in [0.717, 1.165) is 24.1 Å². The van der Waals surface area contributed by atoms with Crippen molar-refractivity contribution in [3.05, 3.63) is 71.6 Å². The van der Waals surface area contributed by atoms with Crippen molar-refractivity contribution >= 4 is 11.7 Å². The zero-order valence-electron chi connectivity index (χ0n) is 18.5. The third-order valence-corrected chi connectivity index (χ3v) is 6.32. The summed E-state index contributed by atoms with van der Waals surface area (Å²) in [6, 6.07) is 11.0. The number of hydrogen-bond donors (Lipinski definition) is 0. The molecule has 5 nitrogen and oxygen atoms in total. The summed E-state index contributed by atoms with van der Waals surface area (Å²) in [6.45, 7) is 4.31. The molecule has 2 heterocycles. The number of amides is 1. The van der Waals surface area contributed by atoms with Crippen LogP contribution in [0.25, 0.3) is 11.3 Å². The van der Waals surface area contributed by atoms with E-state index < -0.39 is 11.6 Å². The summed E-state index contributed by atoms with van der Waals surface area (Å²) in [5, 5.41) is 8.42. The minimum absolute atomic E-state index is 0.00157. The van der Waals surface area contributed by atoms with Crippen LogP contribution < -0.4 is 4.90 Å². The summed E-state index contributed by atoms with van der Waals surface area (Å²) in [7, 11) is 1.73. The van der Waals surface area contributed by atoms with E-state index in [1.54, 1.807) is 30.3 Å². The predicted octanol–water partition coefficient (Wildman–Crippen LogP) is 5.32. The number of carbonyl (C=O) groups is 1. The quantitative estimate of drug-likeness (QED) is 0.525. The molecule has 0 radical (unpaired) electrons. The van der Waals surface area contributed by atoms with Crippen LogP contribution in [0.1, 0.15) is 50.3 Å². The first-order valence-corrected chi connectivity index (χ1v) is 10.8. The molecule has 0 saturated heterocycles. The second-order valence-electron chi connectivity index (χ2n) is 8.98. The van der Waals surface area contributed by atoms with Crippen LogP contribution in [0.4, 0.5) is 14.6 Å². The Morgan fingerprint density at radius 3 is 2.56 bits per heavy atom. The zero-order chi connectivity index (χ0) is 22.9. The molecule has 166 valence electrons. The van der Waals surface area contributed by atoms with Crippen molar-refractivity contribution in [2.75, 3.05) is 11.9 Å². The minimum atomic E-state index is -0.656. The number of halogens is 2. The van der Waals surface area contributed by atoms with Gasteiger partial charge in [-0.3, -0.25) is 9.69 Å². The molecule has 1 aliphatic rings. The lowest BCUT2D eigenvalue weighted by atomic mass is 9.77. The van der Waals surface area contributed by atoms with Gasteiger partial charge >= 0.3 is 0 Å². The summed E-state index contributed by atoms with van der Waals surface area (Å²) < 4.78 is 28.6. The average molecular weight is 437 g/mol. The number of aromatic nitrogens is 3. The van der Waals surface area contributed by atoms with E-state index in [2.05, 4.69) is 29.0 Å². The molecule has 3 aromatic rings. The molecule has 1 amide bonds. The topological polar surface area (TPSA) is 59.0 Å². The fraction of sp³-hybridized carbons (Fsp3) is 0.360. The van der Waals surface area contributed by atoms with E-state index in [9.17, 15) is 13.6 Å². The van der Waals surface area contributed by atoms with E-state index in [4.69, 9.17) is 0 Å². The molecule has 1 aromatic carbocycles. The first-order chi connectivity index (χ1) is 15.3. The highest BCUT2D eigenvalue weighted by atomic mass is 19.1. The molecule has 0 spiro atoms. The maximum Gasteiger partial charge on any atom is 0.227 e. The van der Waals surface area contributed by atoms with E-state index in [0.29, 0.717) is 18.7 Å². The summed E-state index contributed by atoms with van der Waals surface area (Å²) in [4.78, 5) is 18.4. The SMILES string of the molecule is CN(C(=O)CCC[C@@H]1c2cc(-c3c(F)cccc3F)nnc2CC1(C)C)c1ccccn1. The van der Waals surface area contributed by atoms with Gasteiger partial charge in [-0.25, -0.2) is 13.8 Å². The number of carbonyl (C=O) groups excluding carboxylic acids is 1. The molecule has 7 heteroatoms. The standard InChI is InChI=1S/C25H26F2N4O/c1-25(2)15-21-16(14-20(29-30-21)24-18(26)9-7-10-19(24)27)17(25)8-6-12-23(32)31(3)22-11-4-5-13-28-22/h4-5,7,9-11,13-14,17H,6,8,12,15H2,1-3H3/t17-/m1/s1. The Balaban J connectivity index is 1.51. The van der Waals surface area contributed by atoms with Gasteiger partial charge in [-0.05, 0) is 66.5 Å². The largest absolute Gasteiger partial charge is 0.300 e. The number of pyridine rings is 1. The van der Waals surface area contributed by atoms with Gasteiger partial charge in [-0.2, -0.15) is 10.2 Å². The van der Waals surface area contributed by atoms with Crippen LogP contribution in [0, 0.1) is 17.0 Å². The van der Waals surface area contributed by atoms with Gasteiger partial charge in [0.15, 0.2) is 0 Å². The Labute approximate surface area is 186 Å². The highest BCUT2D eigenvalue weighted by Gasteiger charge is 2.40. The molecule has 0 fully saturated rings. The minimum Gasteiger partial charge on any atom is -0.300 e. The van der Waals surface area contributed by atoms with Crippen molar-refractivity contribution in [2.24, 2.45) is 5.41 Å². The van der Waals surface area contributed by atoms with Crippen molar-refractivity contribution in [3.8, 4) is 11.3 Å². The first-order valence-electron chi connectivity index (χ1n) is 10.8. The van der Waals surface area contributed by atoms with E-state index in [-0.39, 0.29) is 28.5 Å². The molecule has 0 aliphatic heterocycles. The van der Waals surface area contributed by atoms with Crippen molar-refractivity contribution in [1.82, 2.24) is 15.2 Å². The number of benzene rings is 1. The molecular formula is C25H26F2N4O. The Kier molecular flexibility index (Phi) is 6.00. The molecule has 32 heavy (non-hydrogen) atoms. The lowest BCUT2D eigenvalue weighted by molar-refractivity contribution is -0.118. The highest BCUT2D eigenvalue weighted by Crippen LogP contribution is 2.49. The molecule has 2 aromatic heterocycles. The maximum absolute atomic E-state index is 14.3. The Hall–Kier alpha value is -3.22. The second kappa shape index (κ2) is 8.73. The van der Waals surface area contributed by atoms with Gasteiger partial charge in [0.25, 0.3) is 0 Å². The van der Waals surface area contributed by atoms with Crippen LogP contribution in [0.2, 0.25) is 0 Å². The van der Waals surface area contributed by atoms with Crippen molar-refractivity contribution in [3.63, 3.8) is 0 Å². The van der Waals surface area contributed by atoms with Gasteiger partial charge in [-0.1, -0.05) is 26.0 Å². The van der Waals surface area contributed by atoms with Crippen LogP contribution >= 0.6 is 0 Å². The van der Waals surface area contributed by atoms with E-state index in [1.165, 1.54) is 18.2 Å². The van der Waals surface area contributed by atoms with Crippen LogP contribution in [0.15, 0.2) is 48.7 Å². The third kappa shape index (κ3) is 4.24. The lowest BCUT2D eigenvalue weighted by Crippen LogP contribution is -2.27. The molecule has 0 bridgehead atoms. The second-order valence-corrected chi connectivity index (χ2v) is 8.98. The van der Waals surface area contributed by atoms with Crippen molar-refractivity contribution in [1.29, 1.82) is 0 Å². The van der Waals surface area contributed by atoms with E-state index in [1.807, 2.05) is 12.1 Å². The van der Waals surface area contributed by atoms with Gasteiger partial charge in [0.1, 0.15) is 17.5 Å². The van der Waals surface area contributed by atoms with Crippen LogP contribution in [0.5, 0.6) is 0 Å². The lowest BCUT2D eigenvalue weighted by Gasteiger charge is -2.27. The van der Waals surface area contributed by atoms with Crippen LogP contribution in [-0.4, -0.2) is 28.1 Å². The smallest absolute Gasteiger partial charge is 0.227 e. The number of anilines is 1. The monoisotopic (exact) mass is 436 g/mol. The van der Waals surface area contributed by atoms with Crippen molar-refractivity contribution in [2.45, 2.75) is 45.4 Å². The Morgan fingerprint density at radius 2 is 1.88 bits per heavy atom. The van der Waals surface area contributed by atoms with Crippen molar-refractivity contribution < 1.29 is 13.6 Å². The summed E-state index contributed by atoms with van der Waals surface area (Å²) >= 11 is 0. The van der Waals surface area contributed by atoms with E-state index >= 15 is 0 Å². The molecule has 4 rings (SSSR count). The summed E-state index contributed by atoms with van der Waals surface area (Å²) in [5.74, 6) is -0.570. The zero-order valence-corrected chi connectivity index (χ0v) is 18.5. The molecule has 0 N–H and O–H groups in total. The number of hydrogen-bond acceptors (Lipinski definition) is 4.